The van der Waals surface area contributed by atoms with Crippen LogP contribution in [-0.2, 0) is 23.0 Å². The number of rotatable bonds is 4. The number of carbonyl (C=O) groups excluding carboxylic acids is 1. The van der Waals surface area contributed by atoms with Gasteiger partial charge in [-0.2, -0.15) is 17.5 Å². The Balaban J connectivity index is 1.48. The van der Waals surface area contributed by atoms with Gasteiger partial charge in [-0.3, -0.25) is 9.69 Å². The second-order valence-corrected chi connectivity index (χ2v) is 10.4. The zero-order chi connectivity index (χ0) is 23.6. The van der Waals surface area contributed by atoms with Crippen molar-refractivity contribution in [2.75, 3.05) is 39.3 Å². The van der Waals surface area contributed by atoms with E-state index in [9.17, 15) is 26.4 Å². The third-order valence-corrected chi connectivity index (χ3v) is 7.93. The van der Waals surface area contributed by atoms with E-state index in [1.807, 2.05) is 24.3 Å². The molecule has 33 heavy (non-hydrogen) atoms. The number of carbonyl (C=O) groups is 1. The summed E-state index contributed by atoms with van der Waals surface area (Å²) in [6, 6.07) is 13.6. The lowest BCUT2D eigenvalue weighted by Gasteiger charge is -2.28. The van der Waals surface area contributed by atoms with E-state index >= 15 is 0 Å². The summed E-state index contributed by atoms with van der Waals surface area (Å²) < 4.78 is 66.1. The predicted molar refractivity (Wildman–Crippen MR) is 117 cm³/mol. The number of amides is 1. The van der Waals surface area contributed by atoms with Gasteiger partial charge >= 0.3 is 6.18 Å². The predicted octanol–water partition coefficient (Wildman–Crippen LogP) is 3.14. The van der Waals surface area contributed by atoms with E-state index in [1.165, 1.54) is 32.3 Å². The highest BCUT2D eigenvalue weighted by molar-refractivity contribution is 7.89. The number of benzene rings is 2. The second-order valence-electron chi connectivity index (χ2n) is 8.42. The lowest BCUT2D eigenvalue weighted by Crippen LogP contribution is -2.38. The first-order valence-electron chi connectivity index (χ1n) is 10.9. The third kappa shape index (κ3) is 5.56. The van der Waals surface area contributed by atoms with Crippen LogP contribution >= 0.6 is 0 Å². The molecular formula is C23H26F3N3O3S. The van der Waals surface area contributed by atoms with Gasteiger partial charge in [0.05, 0.1) is 11.4 Å². The van der Waals surface area contributed by atoms with Gasteiger partial charge in [-0.1, -0.05) is 30.3 Å². The molecule has 4 rings (SSSR count). The van der Waals surface area contributed by atoms with E-state index in [1.54, 1.807) is 6.07 Å². The Morgan fingerprint density at radius 2 is 1.67 bits per heavy atom. The van der Waals surface area contributed by atoms with Crippen LogP contribution in [0, 0.1) is 0 Å². The summed E-state index contributed by atoms with van der Waals surface area (Å²) in [5.74, 6) is -0.370. The fourth-order valence-electron chi connectivity index (χ4n) is 4.38. The van der Waals surface area contributed by atoms with E-state index in [-0.39, 0.29) is 42.5 Å². The van der Waals surface area contributed by atoms with Crippen LogP contribution in [0.15, 0.2) is 53.4 Å². The number of fused-ring (bicyclic) bond motifs is 1. The van der Waals surface area contributed by atoms with Crippen molar-refractivity contribution in [2.24, 2.45) is 0 Å². The van der Waals surface area contributed by atoms with Crippen LogP contribution in [0.2, 0.25) is 0 Å². The van der Waals surface area contributed by atoms with E-state index in [0.29, 0.717) is 25.9 Å². The van der Waals surface area contributed by atoms with Crippen molar-refractivity contribution >= 4 is 15.9 Å². The van der Waals surface area contributed by atoms with E-state index < -0.39 is 22.7 Å². The highest BCUT2D eigenvalue weighted by Crippen LogP contribution is 2.26. The molecule has 0 bridgehead atoms. The zero-order valence-corrected chi connectivity index (χ0v) is 18.9. The van der Waals surface area contributed by atoms with Gasteiger partial charge < -0.3 is 4.90 Å². The van der Waals surface area contributed by atoms with Gasteiger partial charge in [0.15, 0.2) is 0 Å². The van der Waals surface area contributed by atoms with Crippen molar-refractivity contribution in [3.63, 3.8) is 0 Å². The van der Waals surface area contributed by atoms with Crippen LogP contribution < -0.4 is 0 Å². The summed E-state index contributed by atoms with van der Waals surface area (Å²) in [6.07, 6.45) is -3.24. The molecule has 1 amide bonds. The minimum Gasteiger partial charge on any atom is -0.337 e. The minimum atomic E-state index is -4.28. The Morgan fingerprint density at radius 3 is 2.42 bits per heavy atom. The molecule has 6 nitrogen and oxygen atoms in total. The maximum Gasteiger partial charge on any atom is 0.401 e. The van der Waals surface area contributed by atoms with Gasteiger partial charge in [0.1, 0.15) is 0 Å². The number of hydrogen-bond donors (Lipinski definition) is 0. The van der Waals surface area contributed by atoms with E-state index in [2.05, 4.69) is 0 Å². The summed E-state index contributed by atoms with van der Waals surface area (Å²) in [7, 11) is -3.80. The molecule has 2 aliphatic heterocycles. The number of sulfonamides is 1. The molecule has 0 atom stereocenters. The highest BCUT2D eigenvalue weighted by atomic mass is 32.2. The van der Waals surface area contributed by atoms with Crippen molar-refractivity contribution in [1.82, 2.24) is 14.1 Å². The third-order valence-electron chi connectivity index (χ3n) is 6.09. The molecule has 178 valence electrons. The molecule has 1 fully saturated rings. The minimum absolute atomic E-state index is 0.0428. The number of hydrogen-bond acceptors (Lipinski definition) is 4. The van der Waals surface area contributed by atoms with Gasteiger partial charge in [-0.15, -0.1) is 0 Å². The van der Waals surface area contributed by atoms with Crippen molar-refractivity contribution in [1.29, 1.82) is 0 Å². The molecule has 0 aromatic heterocycles. The first-order valence-corrected chi connectivity index (χ1v) is 12.3. The Hall–Kier alpha value is -2.43. The Morgan fingerprint density at radius 1 is 0.909 bits per heavy atom. The monoisotopic (exact) mass is 481 g/mol. The molecule has 0 spiro atoms. The van der Waals surface area contributed by atoms with Crippen molar-refractivity contribution in [3.8, 4) is 0 Å². The van der Waals surface area contributed by atoms with Gasteiger partial charge in [-0.25, -0.2) is 8.42 Å². The lowest BCUT2D eigenvalue weighted by molar-refractivity contribution is -0.145. The molecule has 2 aliphatic rings. The van der Waals surface area contributed by atoms with Crippen molar-refractivity contribution < 1.29 is 26.4 Å². The standard InChI is InChI=1S/C23H26F3N3O3S/c24-23(25,26)17-27-10-4-11-28(14-13-27)22(30)19-7-3-8-21(15-19)33(31,32)29-12-9-18-5-1-2-6-20(18)16-29/h1-3,5-8,15H,4,9-14,16-17H2. The second kappa shape index (κ2) is 9.44. The summed E-state index contributed by atoms with van der Waals surface area (Å²) in [6.45, 7) is 0.505. The van der Waals surface area contributed by atoms with Crippen molar-refractivity contribution in [3.05, 3.63) is 65.2 Å². The average molecular weight is 482 g/mol. The van der Waals surface area contributed by atoms with Crippen LogP contribution in [-0.4, -0.2) is 73.9 Å². The van der Waals surface area contributed by atoms with E-state index in [0.717, 1.165) is 11.1 Å². The maximum atomic E-state index is 13.3. The molecule has 10 heteroatoms. The average Bonchev–Trinajstić information content (AvgIpc) is 3.02. The van der Waals surface area contributed by atoms with E-state index in [4.69, 9.17) is 0 Å². The number of alkyl halides is 3. The summed E-state index contributed by atoms with van der Waals surface area (Å²) >= 11 is 0. The summed E-state index contributed by atoms with van der Waals surface area (Å²) in [5.41, 5.74) is 2.32. The van der Waals surface area contributed by atoms with Crippen molar-refractivity contribution in [2.45, 2.75) is 30.5 Å². The zero-order valence-electron chi connectivity index (χ0n) is 18.1. The number of nitrogens with zero attached hydrogens (tertiary/aromatic N) is 3. The quantitative estimate of drug-likeness (QED) is 0.673. The van der Waals surface area contributed by atoms with Crippen LogP contribution in [0.5, 0.6) is 0 Å². The SMILES string of the molecule is O=C(c1cccc(S(=O)(=O)N2CCc3ccccc3C2)c1)N1CCCN(CC(F)(F)F)CC1. The first-order chi connectivity index (χ1) is 15.6. The van der Waals surface area contributed by atoms with Gasteiger partial charge in [-0.05, 0) is 42.2 Å². The summed E-state index contributed by atoms with van der Waals surface area (Å²) in [4.78, 5) is 15.9. The highest BCUT2D eigenvalue weighted by Gasteiger charge is 2.32. The van der Waals surface area contributed by atoms with Gasteiger partial charge in [0, 0.05) is 44.8 Å². The molecule has 0 N–H and O–H groups in total. The fourth-order valence-corrected chi connectivity index (χ4v) is 5.85. The topological polar surface area (TPSA) is 60.9 Å². The van der Waals surface area contributed by atoms with Gasteiger partial charge in [0.25, 0.3) is 5.91 Å². The molecular weight excluding hydrogens is 455 g/mol. The van der Waals surface area contributed by atoms with Crippen LogP contribution in [0.4, 0.5) is 13.2 Å². The van der Waals surface area contributed by atoms with Crippen LogP contribution in [0.1, 0.15) is 27.9 Å². The molecule has 2 aromatic carbocycles. The number of halogens is 3. The molecule has 2 heterocycles. The smallest absolute Gasteiger partial charge is 0.337 e. The lowest BCUT2D eigenvalue weighted by atomic mass is 10.0. The van der Waals surface area contributed by atoms with Gasteiger partial charge in [0.2, 0.25) is 10.0 Å². The Kier molecular flexibility index (Phi) is 6.78. The van der Waals surface area contributed by atoms with Crippen LogP contribution in [0.3, 0.4) is 0 Å². The summed E-state index contributed by atoms with van der Waals surface area (Å²) in [5, 5.41) is 0. The molecule has 0 aliphatic carbocycles. The maximum absolute atomic E-state index is 13.3. The normalized spacial score (nSPS) is 18.6. The first kappa shape index (κ1) is 23.7. The molecule has 0 unspecified atom stereocenters. The molecule has 0 saturated carbocycles. The largest absolute Gasteiger partial charge is 0.401 e. The molecule has 0 radical (unpaired) electrons. The fraction of sp³-hybridized carbons (Fsp3) is 0.435. The molecule has 2 aromatic rings. The molecule has 1 saturated heterocycles. The van der Waals surface area contributed by atoms with Crippen LogP contribution in [0.25, 0.3) is 0 Å². The Bertz CT molecular complexity index is 1120. The Labute approximate surface area is 191 Å².